The second-order valence-corrected chi connectivity index (χ2v) is 4.89. The normalized spacial score (nSPS) is 11.5. The third-order valence-electron chi connectivity index (χ3n) is 2.84. The fourth-order valence-corrected chi connectivity index (χ4v) is 1.98. The van der Waals surface area contributed by atoms with E-state index in [1.165, 1.54) is 5.56 Å². The Morgan fingerprint density at radius 2 is 1.70 bits per heavy atom. The lowest BCUT2D eigenvalue weighted by atomic mass is 10.1. The minimum absolute atomic E-state index is 0.280. The van der Waals surface area contributed by atoms with Crippen LogP contribution in [0.4, 0.5) is 11.6 Å². The molecule has 0 fully saturated rings. The van der Waals surface area contributed by atoms with Crippen LogP contribution in [0.5, 0.6) is 0 Å². The van der Waals surface area contributed by atoms with Crippen molar-refractivity contribution in [3.05, 3.63) is 46.8 Å². The Labute approximate surface area is 119 Å². The number of hydrogen-bond donors (Lipinski definition) is 2. The van der Waals surface area contributed by atoms with Gasteiger partial charge in [-0.3, -0.25) is 0 Å². The van der Waals surface area contributed by atoms with E-state index in [0.29, 0.717) is 5.95 Å². The fourth-order valence-electron chi connectivity index (χ4n) is 1.98. The van der Waals surface area contributed by atoms with Gasteiger partial charge in [0.1, 0.15) is 0 Å². The van der Waals surface area contributed by atoms with Crippen LogP contribution in [0.3, 0.4) is 0 Å². The minimum Gasteiger partial charge on any atom is -0.369 e. The number of rotatable bonds is 2. The second-order valence-electron chi connectivity index (χ2n) is 4.89. The molecule has 2 rings (SSSR count). The highest BCUT2D eigenvalue weighted by molar-refractivity contribution is 5.94. The van der Waals surface area contributed by atoms with Gasteiger partial charge in [0, 0.05) is 17.1 Å². The lowest BCUT2D eigenvalue weighted by molar-refractivity contribution is 1.04. The molecule has 0 aliphatic heterocycles. The van der Waals surface area contributed by atoms with Crippen LogP contribution in [-0.2, 0) is 0 Å². The summed E-state index contributed by atoms with van der Waals surface area (Å²) < 4.78 is 0. The molecule has 0 bridgehead atoms. The molecule has 0 radical (unpaired) electrons. The Bertz CT molecular complexity index is 641. The van der Waals surface area contributed by atoms with Gasteiger partial charge in [-0.2, -0.15) is 4.99 Å². The van der Waals surface area contributed by atoms with E-state index in [1.54, 1.807) is 0 Å². The van der Waals surface area contributed by atoms with Crippen molar-refractivity contribution >= 4 is 17.6 Å². The number of benzene rings is 1. The largest absolute Gasteiger partial charge is 0.369 e. The Hall–Kier alpha value is -2.43. The van der Waals surface area contributed by atoms with Crippen molar-refractivity contribution in [3.63, 3.8) is 0 Å². The third kappa shape index (κ3) is 3.54. The topological polar surface area (TPSA) is 76.2 Å². The summed E-state index contributed by atoms with van der Waals surface area (Å²) in [4.78, 5) is 12.7. The fraction of sp³-hybridized carbons (Fsp3) is 0.267. The van der Waals surface area contributed by atoms with Crippen LogP contribution in [-0.4, -0.2) is 15.9 Å². The molecule has 2 aromatic rings. The van der Waals surface area contributed by atoms with Gasteiger partial charge in [-0.05, 0) is 45.4 Å². The van der Waals surface area contributed by atoms with E-state index in [4.69, 9.17) is 5.73 Å². The van der Waals surface area contributed by atoms with Gasteiger partial charge in [-0.25, -0.2) is 9.97 Å². The van der Waals surface area contributed by atoms with Crippen molar-refractivity contribution < 1.29 is 0 Å². The highest BCUT2D eigenvalue weighted by Gasteiger charge is 2.02. The Balaban J connectivity index is 2.22. The monoisotopic (exact) mass is 269 g/mol. The molecule has 20 heavy (non-hydrogen) atoms. The molecule has 1 heterocycles. The van der Waals surface area contributed by atoms with E-state index in [2.05, 4.69) is 33.3 Å². The number of hydrogen-bond acceptors (Lipinski definition) is 3. The summed E-state index contributed by atoms with van der Waals surface area (Å²) in [5, 5.41) is 3.07. The van der Waals surface area contributed by atoms with Crippen LogP contribution < -0.4 is 11.1 Å². The van der Waals surface area contributed by atoms with Gasteiger partial charge < -0.3 is 11.1 Å². The zero-order valence-electron chi connectivity index (χ0n) is 12.2. The van der Waals surface area contributed by atoms with Gasteiger partial charge in [0.25, 0.3) is 5.95 Å². The van der Waals surface area contributed by atoms with Gasteiger partial charge in [-0.15, -0.1) is 0 Å². The average Bonchev–Trinajstić information content (AvgIpc) is 2.31. The van der Waals surface area contributed by atoms with E-state index in [1.807, 2.05) is 39.0 Å². The number of nitrogens with one attached hydrogen (secondary N) is 1. The molecule has 1 aromatic heterocycles. The van der Waals surface area contributed by atoms with Gasteiger partial charge in [0.05, 0.1) is 0 Å². The van der Waals surface area contributed by atoms with Crippen LogP contribution in [0.25, 0.3) is 0 Å². The average molecular weight is 269 g/mol. The molecule has 0 atom stereocenters. The van der Waals surface area contributed by atoms with Gasteiger partial charge >= 0.3 is 0 Å². The summed E-state index contributed by atoms with van der Waals surface area (Å²) in [6, 6.07) is 7.99. The molecule has 0 saturated carbocycles. The van der Waals surface area contributed by atoms with E-state index < -0.39 is 0 Å². The second kappa shape index (κ2) is 5.69. The standard InChI is InChI=1S/C15H19N5/c1-9-5-6-13(10(2)7-9)19-14(16)20-15-17-11(3)8-12(4)18-15/h5-8H,1-4H3,(H3,16,17,18,19,20). The first-order valence-corrected chi connectivity index (χ1v) is 6.45. The van der Waals surface area contributed by atoms with E-state index in [9.17, 15) is 0 Å². The first kappa shape index (κ1) is 14.0. The predicted octanol–water partition coefficient (Wildman–Crippen LogP) is 2.77. The Morgan fingerprint density at radius 3 is 2.30 bits per heavy atom. The van der Waals surface area contributed by atoms with Crippen LogP contribution >= 0.6 is 0 Å². The highest BCUT2D eigenvalue weighted by atomic mass is 15.2. The summed E-state index contributed by atoms with van der Waals surface area (Å²) in [6.45, 7) is 7.89. The highest BCUT2D eigenvalue weighted by Crippen LogP contribution is 2.16. The molecule has 0 saturated heterocycles. The number of aliphatic imine (C=N–C) groups is 1. The van der Waals surface area contributed by atoms with Crippen LogP contribution in [0.1, 0.15) is 22.5 Å². The van der Waals surface area contributed by atoms with E-state index >= 15 is 0 Å². The summed E-state index contributed by atoms with van der Waals surface area (Å²) in [5.74, 6) is 0.652. The number of nitrogens with zero attached hydrogens (tertiary/aromatic N) is 3. The molecular weight excluding hydrogens is 250 g/mol. The van der Waals surface area contributed by atoms with Crippen molar-refractivity contribution in [3.8, 4) is 0 Å². The van der Waals surface area contributed by atoms with Gasteiger partial charge in [0.2, 0.25) is 5.96 Å². The molecular formula is C15H19N5. The molecule has 0 aliphatic rings. The summed E-state index contributed by atoms with van der Waals surface area (Å²) in [7, 11) is 0. The van der Waals surface area contributed by atoms with Crippen LogP contribution in [0.2, 0.25) is 0 Å². The lowest BCUT2D eigenvalue weighted by Gasteiger charge is -2.09. The first-order valence-electron chi connectivity index (χ1n) is 6.45. The Morgan fingerprint density at radius 1 is 1.05 bits per heavy atom. The van der Waals surface area contributed by atoms with Crippen molar-refractivity contribution in [2.75, 3.05) is 5.32 Å². The molecule has 1 aromatic carbocycles. The SMILES string of the molecule is Cc1ccc(NC(N)=Nc2nc(C)cc(C)n2)c(C)c1. The van der Waals surface area contributed by atoms with Crippen LogP contribution in [0.15, 0.2) is 29.3 Å². The first-order chi connectivity index (χ1) is 9.44. The Kier molecular flexibility index (Phi) is 3.98. The number of anilines is 1. The number of aromatic nitrogens is 2. The van der Waals surface area contributed by atoms with Crippen molar-refractivity contribution in [1.29, 1.82) is 0 Å². The molecule has 5 heteroatoms. The lowest BCUT2D eigenvalue weighted by Crippen LogP contribution is -2.22. The number of nitrogens with two attached hydrogens (primary N) is 1. The van der Waals surface area contributed by atoms with E-state index in [-0.39, 0.29) is 5.96 Å². The van der Waals surface area contributed by atoms with E-state index in [0.717, 1.165) is 22.6 Å². The molecule has 0 unspecified atom stereocenters. The molecule has 0 spiro atoms. The minimum atomic E-state index is 0.280. The molecule has 104 valence electrons. The molecule has 5 nitrogen and oxygen atoms in total. The summed E-state index contributed by atoms with van der Waals surface area (Å²) in [5.41, 5.74) is 10.9. The smallest absolute Gasteiger partial charge is 0.253 e. The van der Waals surface area contributed by atoms with Crippen molar-refractivity contribution in [2.24, 2.45) is 10.7 Å². The molecule has 0 aliphatic carbocycles. The van der Waals surface area contributed by atoms with Crippen LogP contribution in [0, 0.1) is 27.7 Å². The maximum absolute atomic E-state index is 5.90. The zero-order chi connectivity index (χ0) is 14.7. The third-order valence-corrected chi connectivity index (χ3v) is 2.84. The van der Waals surface area contributed by atoms with Gasteiger partial charge in [-0.1, -0.05) is 17.7 Å². The van der Waals surface area contributed by atoms with Gasteiger partial charge in [0.15, 0.2) is 0 Å². The zero-order valence-corrected chi connectivity index (χ0v) is 12.2. The quantitative estimate of drug-likeness (QED) is 0.649. The van der Waals surface area contributed by atoms with Crippen molar-refractivity contribution in [2.45, 2.75) is 27.7 Å². The number of guanidine groups is 1. The molecule has 0 amide bonds. The van der Waals surface area contributed by atoms with Crippen molar-refractivity contribution in [1.82, 2.24) is 9.97 Å². The molecule has 3 N–H and O–H groups in total. The maximum Gasteiger partial charge on any atom is 0.253 e. The summed E-state index contributed by atoms with van der Waals surface area (Å²) in [6.07, 6.45) is 0. The predicted molar refractivity (Wildman–Crippen MR) is 82.3 cm³/mol. The summed E-state index contributed by atoms with van der Waals surface area (Å²) >= 11 is 0. The maximum atomic E-state index is 5.90. The number of aryl methyl sites for hydroxylation is 4.